The van der Waals surface area contributed by atoms with Crippen LogP contribution < -0.4 is 10.5 Å². The molecule has 0 saturated carbocycles. The van der Waals surface area contributed by atoms with Crippen LogP contribution in [-0.4, -0.2) is 6.54 Å². The summed E-state index contributed by atoms with van der Waals surface area (Å²) in [5, 5.41) is 3.28. The first-order valence-electron chi connectivity index (χ1n) is 8.06. The van der Waals surface area contributed by atoms with Gasteiger partial charge in [0.1, 0.15) is 5.58 Å². The number of benzene rings is 3. The summed E-state index contributed by atoms with van der Waals surface area (Å²) in [5.41, 5.74) is 2.24. The zero-order chi connectivity index (χ0) is 16.5. The van der Waals surface area contributed by atoms with Crippen LogP contribution in [0.25, 0.3) is 21.7 Å². The fraction of sp³-hybridized carbons (Fsp3) is 0.0952. The van der Waals surface area contributed by atoms with Crippen molar-refractivity contribution in [2.45, 2.75) is 6.92 Å². The number of rotatable bonds is 3. The molecule has 0 saturated heterocycles. The van der Waals surface area contributed by atoms with Crippen LogP contribution in [-0.2, 0) is 0 Å². The highest BCUT2D eigenvalue weighted by Gasteiger charge is 2.15. The molecule has 1 heterocycles. The Balaban J connectivity index is 2.01. The third-order valence-corrected chi connectivity index (χ3v) is 4.29. The highest BCUT2D eigenvalue weighted by atomic mass is 16.4. The van der Waals surface area contributed by atoms with Gasteiger partial charge >= 0.3 is 5.63 Å². The second kappa shape index (κ2) is 5.85. The number of anilines is 2. The molecule has 0 aliphatic rings. The molecule has 118 valence electrons. The Morgan fingerprint density at radius 1 is 0.833 bits per heavy atom. The molecule has 1 aromatic heterocycles. The van der Waals surface area contributed by atoms with Crippen molar-refractivity contribution in [3.63, 3.8) is 0 Å². The lowest BCUT2D eigenvalue weighted by Gasteiger charge is -2.25. The van der Waals surface area contributed by atoms with Gasteiger partial charge in [0.25, 0.3) is 0 Å². The van der Waals surface area contributed by atoms with Crippen molar-refractivity contribution in [3.8, 4) is 0 Å². The maximum atomic E-state index is 12.0. The molecule has 0 atom stereocenters. The van der Waals surface area contributed by atoms with Gasteiger partial charge in [0, 0.05) is 29.1 Å². The van der Waals surface area contributed by atoms with E-state index in [1.165, 1.54) is 10.8 Å². The van der Waals surface area contributed by atoms with Gasteiger partial charge < -0.3 is 9.32 Å². The second-order valence-corrected chi connectivity index (χ2v) is 5.69. The van der Waals surface area contributed by atoms with Crippen LogP contribution in [0.2, 0.25) is 0 Å². The topological polar surface area (TPSA) is 33.5 Å². The molecule has 0 spiro atoms. The second-order valence-electron chi connectivity index (χ2n) is 5.69. The summed E-state index contributed by atoms with van der Waals surface area (Å²) >= 11 is 0. The van der Waals surface area contributed by atoms with Gasteiger partial charge in [-0.1, -0.05) is 48.5 Å². The van der Waals surface area contributed by atoms with E-state index in [-0.39, 0.29) is 5.63 Å². The Labute approximate surface area is 139 Å². The molecular weight excluding hydrogens is 298 g/mol. The van der Waals surface area contributed by atoms with E-state index >= 15 is 0 Å². The molecule has 4 rings (SSSR count). The predicted molar refractivity (Wildman–Crippen MR) is 99.1 cm³/mol. The van der Waals surface area contributed by atoms with E-state index in [2.05, 4.69) is 36.1 Å². The molecule has 3 nitrogen and oxygen atoms in total. The SMILES string of the molecule is CCN(c1cccc2ccccc12)c1cc(=O)oc2ccccc12. The van der Waals surface area contributed by atoms with Gasteiger partial charge in [0.2, 0.25) is 0 Å². The fourth-order valence-corrected chi connectivity index (χ4v) is 3.23. The van der Waals surface area contributed by atoms with Gasteiger partial charge in [-0.15, -0.1) is 0 Å². The third-order valence-electron chi connectivity index (χ3n) is 4.29. The van der Waals surface area contributed by atoms with Crippen molar-refractivity contribution in [3.05, 3.63) is 83.2 Å². The minimum absolute atomic E-state index is 0.331. The lowest BCUT2D eigenvalue weighted by Crippen LogP contribution is -2.18. The van der Waals surface area contributed by atoms with Crippen LogP contribution in [0.3, 0.4) is 0 Å². The fourth-order valence-electron chi connectivity index (χ4n) is 3.23. The molecule has 0 amide bonds. The van der Waals surface area contributed by atoms with Gasteiger partial charge in [-0.05, 0) is 30.5 Å². The molecule has 0 bridgehead atoms. The number of nitrogens with zero attached hydrogens (tertiary/aromatic N) is 1. The molecule has 4 aromatic rings. The van der Waals surface area contributed by atoms with Crippen LogP contribution in [0.5, 0.6) is 0 Å². The zero-order valence-electron chi connectivity index (χ0n) is 13.4. The maximum Gasteiger partial charge on any atom is 0.338 e. The van der Waals surface area contributed by atoms with Crippen LogP contribution >= 0.6 is 0 Å². The van der Waals surface area contributed by atoms with Gasteiger partial charge in [-0.2, -0.15) is 0 Å². The van der Waals surface area contributed by atoms with E-state index in [1.54, 1.807) is 6.07 Å². The van der Waals surface area contributed by atoms with E-state index in [4.69, 9.17) is 4.42 Å². The molecule has 24 heavy (non-hydrogen) atoms. The maximum absolute atomic E-state index is 12.0. The van der Waals surface area contributed by atoms with Crippen LogP contribution in [0, 0.1) is 0 Å². The standard InChI is InChI=1S/C21H17NO2/c1-2-22(18-12-7-9-15-8-3-4-10-16(15)18)19-14-21(23)24-20-13-6-5-11-17(19)20/h3-14H,2H2,1H3. The lowest BCUT2D eigenvalue weighted by atomic mass is 10.1. The molecule has 3 aromatic carbocycles. The zero-order valence-corrected chi connectivity index (χ0v) is 13.4. The van der Waals surface area contributed by atoms with E-state index in [9.17, 15) is 4.79 Å². The average molecular weight is 315 g/mol. The third kappa shape index (κ3) is 2.35. The number of hydrogen-bond acceptors (Lipinski definition) is 3. The Hall–Kier alpha value is -3.07. The molecule has 0 fully saturated rings. The summed E-state index contributed by atoms with van der Waals surface area (Å²) < 4.78 is 5.34. The van der Waals surface area contributed by atoms with Crippen LogP contribution in [0.15, 0.2) is 82.0 Å². The average Bonchev–Trinajstić information content (AvgIpc) is 2.62. The summed E-state index contributed by atoms with van der Waals surface area (Å²) in [6.45, 7) is 2.84. The molecule has 0 aliphatic carbocycles. The van der Waals surface area contributed by atoms with Crippen molar-refractivity contribution >= 4 is 33.1 Å². The lowest BCUT2D eigenvalue weighted by molar-refractivity contribution is 0.561. The molecule has 3 heteroatoms. The van der Waals surface area contributed by atoms with E-state index in [0.717, 1.165) is 23.3 Å². The summed E-state index contributed by atoms with van der Waals surface area (Å²) in [6.07, 6.45) is 0. The van der Waals surface area contributed by atoms with E-state index in [0.29, 0.717) is 5.58 Å². The highest BCUT2D eigenvalue weighted by molar-refractivity contribution is 6.00. The van der Waals surface area contributed by atoms with E-state index < -0.39 is 0 Å². The molecule has 0 aliphatic heterocycles. The number of hydrogen-bond donors (Lipinski definition) is 0. The Kier molecular flexibility index (Phi) is 3.54. The minimum atomic E-state index is -0.331. The number of para-hydroxylation sites is 1. The molecule has 0 N–H and O–H groups in total. The summed E-state index contributed by atoms with van der Waals surface area (Å²) in [4.78, 5) is 14.2. The quantitative estimate of drug-likeness (QED) is 0.493. The van der Waals surface area contributed by atoms with Gasteiger partial charge in [0.15, 0.2) is 0 Å². The minimum Gasteiger partial charge on any atom is -0.423 e. The van der Waals surface area contributed by atoms with Crippen molar-refractivity contribution in [2.75, 3.05) is 11.4 Å². The molecule has 0 unspecified atom stereocenters. The summed E-state index contributed by atoms with van der Waals surface area (Å²) in [5.74, 6) is 0. The summed E-state index contributed by atoms with van der Waals surface area (Å²) in [6, 6.07) is 23.8. The van der Waals surface area contributed by atoms with Crippen molar-refractivity contribution in [1.82, 2.24) is 0 Å². The Morgan fingerprint density at radius 2 is 1.54 bits per heavy atom. The number of fused-ring (bicyclic) bond motifs is 2. The molecular formula is C21H17NO2. The van der Waals surface area contributed by atoms with Crippen LogP contribution in [0.4, 0.5) is 11.4 Å². The van der Waals surface area contributed by atoms with Crippen LogP contribution in [0.1, 0.15) is 6.92 Å². The Morgan fingerprint density at radius 3 is 2.38 bits per heavy atom. The molecule has 0 radical (unpaired) electrons. The first-order valence-corrected chi connectivity index (χ1v) is 8.06. The first kappa shape index (κ1) is 14.5. The van der Waals surface area contributed by atoms with Gasteiger partial charge in [-0.3, -0.25) is 0 Å². The summed E-state index contributed by atoms with van der Waals surface area (Å²) in [7, 11) is 0. The van der Waals surface area contributed by atoms with Crippen molar-refractivity contribution in [2.24, 2.45) is 0 Å². The smallest absolute Gasteiger partial charge is 0.338 e. The normalized spacial score (nSPS) is 11.0. The first-order chi connectivity index (χ1) is 11.8. The monoisotopic (exact) mass is 315 g/mol. The van der Waals surface area contributed by atoms with Crippen molar-refractivity contribution in [1.29, 1.82) is 0 Å². The largest absolute Gasteiger partial charge is 0.423 e. The van der Waals surface area contributed by atoms with Gasteiger partial charge in [0.05, 0.1) is 5.69 Å². The van der Waals surface area contributed by atoms with E-state index in [1.807, 2.05) is 42.5 Å². The van der Waals surface area contributed by atoms with Crippen molar-refractivity contribution < 1.29 is 4.42 Å². The highest BCUT2D eigenvalue weighted by Crippen LogP contribution is 2.35. The van der Waals surface area contributed by atoms with Gasteiger partial charge in [-0.25, -0.2) is 4.79 Å². The predicted octanol–water partition coefficient (Wildman–Crippen LogP) is 5.10. The Bertz CT molecular complexity index is 1080.